The van der Waals surface area contributed by atoms with Gasteiger partial charge in [0.25, 0.3) is 0 Å². The van der Waals surface area contributed by atoms with Crippen molar-refractivity contribution in [2.24, 2.45) is 11.8 Å². The van der Waals surface area contributed by atoms with Crippen LogP contribution in [0.15, 0.2) is 0 Å². The minimum Gasteiger partial charge on any atom is -0.396 e. The second kappa shape index (κ2) is 3.35. The van der Waals surface area contributed by atoms with Crippen molar-refractivity contribution in [2.75, 3.05) is 26.7 Å². The standard InChI is InChI=1S/C8H17NO/c1-7-3-8(6-10)5-9(2)4-7/h7-8,10H,3-6H2,1-2H3/t7-,8+/m1/s1. The summed E-state index contributed by atoms with van der Waals surface area (Å²) in [5.41, 5.74) is 0. The number of hydrogen-bond acceptors (Lipinski definition) is 2. The Morgan fingerprint density at radius 3 is 2.70 bits per heavy atom. The second-order valence-corrected chi connectivity index (χ2v) is 3.61. The zero-order chi connectivity index (χ0) is 7.56. The Bertz CT molecular complexity index is 95.4. The maximum Gasteiger partial charge on any atom is 0.0471 e. The van der Waals surface area contributed by atoms with Crippen molar-refractivity contribution >= 4 is 0 Å². The highest BCUT2D eigenvalue weighted by Gasteiger charge is 2.20. The lowest BCUT2D eigenvalue weighted by molar-refractivity contribution is 0.108. The Kier molecular flexibility index (Phi) is 2.69. The van der Waals surface area contributed by atoms with Gasteiger partial charge in [0.15, 0.2) is 0 Å². The van der Waals surface area contributed by atoms with E-state index in [4.69, 9.17) is 5.11 Å². The number of piperidine rings is 1. The van der Waals surface area contributed by atoms with Gasteiger partial charge in [-0.1, -0.05) is 6.92 Å². The summed E-state index contributed by atoms with van der Waals surface area (Å²) in [5, 5.41) is 8.90. The van der Waals surface area contributed by atoms with E-state index in [0.717, 1.165) is 12.5 Å². The van der Waals surface area contributed by atoms with Crippen molar-refractivity contribution < 1.29 is 5.11 Å². The molecule has 60 valence electrons. The third-order valence-corrected chi connectivity index (χ3v) is 2.19. The molecule has 0 aromatic heterocycles. The lowest BCUT2D eigenvalue weighted by atomic mass is 9.91. The predicted molar refractivity (Wildman–Crippen MR) is 41.9 cm³/mol. The van der Waals surface area contributed by atoms with Crippen LogP contribution in [0.2, 0.25) is 0 Å². The maximum atomic E-state index is 8.90. The molecule has 1 saturated heterocycles. The molecule has 1 aliphatic heterocycles. The van der Waals surface area contributed by atoms with E-state index in [1.165, 1.54) is 13.0 Å². The Morgan fingerprint density at radius 1 is 1.50 bits per heavy atom. The van der Waals surface area contributed by atoms with Crippen molar-refractivity contribution in [1.29, 1.82) is 0 Å². The number of aliphatic hydroxyl groups is 1. The van der Waals surface area contributed by atoms with Crippen LogP contribution in [0.5, 0.6) is 0 Å². The first-order valence-corrected chi connectivity index (χ1v) is 4.01. The van der Waals surface area contributed by atoms with E-state index in [1.807, 2.05) is 0 Å². The van der Waals surface area contributed by atoms with Gasteiger partial charge in [0.05, 0.1) is 0 Å². The SMILES string of the molecule is C[C@@H]1C[C@H](CO)CN(C)C1. The molecule has 0 bridgehead atoms. The minimum atomic E-state index is 0.356. The van der Waals surface area contributed by atoms with Gasteiger partial charge >= 0.3 is 0 Å². The molecule has 0 spiro atoms. The fourth-order valence-electron chi connectivity index (χ4n) is 1.90. The largest absolute Gasteiger partial charge is 0.396 e. The molecular weight excluding hydrogens is 126 g/mol. The van der Waals surface area contributed by atoms with Gasteiger partial charge in [-0.25, -0.2) is 0 Å². The highest BCUT2D eigenvalue weighted by Crippen LogP contribution is 2.19. The molecule has 1 N–H and O–H groups in total. The molecule has 0 amide bonds. The quantitative estimate of drug-likeness (QED) is 0.580. The second-order valence-electron chi connectivity index (χ2n) is 3.61. The van der Waals surface area contributed by atoms with Crippen molar-refractivity contribution in [3.05, 3.63) is 0 Å². The highest BCUT2D eigenvalue weighted by molar-refractivity contribution is 4.73. The average Bonchev–Trinajstić information content (AvgIpc) is 1.85. The van der Waals surface area contributed by atoms with Crippen LogP contribution in [-0.4, -0.2) is 36.8 Å². The smallest absolute Gasteiger partial charge is 0.0471 e. The van der Waals surface area contributed by atoms with Gasteiger partial charge in [-0.3, -0.25) is 0 Å². The van der Waals surface area contributed by atoms with E-state index in [9.17, 15) is 0 Å². The molecule has 0 aliphatic carbocycles. The molecule has 1 heterocycles. The molecule has 2 nitrogen and oxygen atoms in total. The first-order chi connectivity index (χ1) is 4.72. The maximum absolute atomic E-state index is 8.90. The summed E-state index contributed by atoms with van der Waals surface area (Å²) in [6.07, 6.45) is 1.20. The fourth-order valence-corrected chi connectivity index (χ4v) is 1.90. The van der Waals surface area contributed by atoms with Gasteiger partial charge in [0.1, 0.15) is 0 Å². The summed E-state index contributed by atoms with van der Waals surface area (Å²) >= 11 is 0. The molecule has 1 aliphatic rings. The van der Waals surface area contributed by atoms with Crippen molar-refractivity contribution in [3.63, 3.8) is 0 Å². The number of nitrogens with zero attached hydrogens (tertiary/aromatic N) is 1. The van der Waals surface area contributed by atoms with E-state index >= 15 is 0 Å². The van der Waals surface area contributed by atoms with Crippen LogP contribution in [-0.2, 0) is 0 Å². The molecule has 1 fully saturated rings. The molecule has 0 aromatic carbocycles. The molecule has 0 saturated carbocycles. The van der Waals surface area contributed by atoms with Crippen LogP contribution in [0, 0.1) is 11.8 Å². The number of aliphatic hydroxyl groups excluding tert-OH is 1. The monoisotopic (exact) mass is 143 g/mol. The zero-order valence-corrected chi connectivity index (χ0v) is 6.88. The van der Waals surface area contributed by atoms with E-state index in [-0.39, 0.29) is 0 Å². The molecule has 2 atom stereocenters. The van der Waals surface area contributed by atoms with E-state index in [0.29, 0.717) is 12.5 Å². The molecule has 0 aromatic rings. The van der Waals surface area contributed by atoms with Gasteiger partial charge in [0.2, 0.25) is 0 Å². The van der Waals surface area contributed by atoms with Crippen LogP contribution in [0.1, 0.15) is 13.3 Å². The lowest BCUT2D eigenvalue weighted by Gasteiger charge is -2.32. The van der Waals surface area contributed by atoms with Crippen molar-refractivity contribution in [3.8, 4) is 0 Å². The van der Waals surface area contributed by atoms with E-state index < -0.39 is 0 Å². The summed E-state index contributed by atoms with van der Waals surface area (Å²) in [6.45, 7) is 4.87. The average molecular weight is 143 g/mol. The molecule has 1 rings (SSSR count). The van der Waals surface area contributed by atoms with Crippen LogP contribution in [0.4, 0.5) is 0 Å². The van der Waals surface area contributed by atoms with Gasteiger partial charge in [-0.2, -0.15) is 0 Å². The third-order valence-electron chi connectivity index (χ3n) is 2.19. The van der Waals surface area contributed by atoms with Crippen molar-refractivity contribution in [1.82, 2.24) is 4.90 Å². The van der Waals surface area contributed by atoms with Gasteiger partial charge in [-0.15, -0.1) is 0 Å². The van der Waals surface area contributed by atoms with Gasteiger partial charge < -0.3 is 10.0 Å². The van der Waals surface area contributed by atoms with Crippen LogP contribution >= 0.6 is 0 Å². The fraction of sp³-hybridized carbons (Fsp3) is 1.00. The van der Waals surface area contributed by atoms with Crippen molar-refractivity contribution in [2.45, 2.75) is 13.3 Å². The molecule has 10 heavy (non-hydrogen) atoms. The van der Waals surface area contributed by atoms with E-state index in [2.05, 4.69) is 18.9 Å². The first kappa shape index (κ1) is 8.02. The summed E-state index contributed by atoms with van der Waals surface area (Å²) < 4.78 is 0. The van der Waals surface area contributed by atoms with Crippen LogP contribution < -0.4 is 0 Å². The Labute approximate surface area is 62.8 Å². The summed E-state index contributed by atoms with van der Waals surface area (Å²) in [7, 11) is 2.12. The Hall–Kier alpha value is -0.0800. The number of likely N-dealkylation sites (tertiary alicyclic amines) is 1. The summed E-state index contributed by atoms with van der Waals surface area (Å²) in [5.74, 6) is 1.28. The minimum absolute atomic E-state index is 0.356. The number of rotatable bonds is 1. The third kappa shape index (κ3) is 1.96. The number of hydrogen-bond donors (Lipinski definition) is 1. The normalized spacial score (nSPS) is 36.3. The van der Waals surface area contributed by atoms with E-state index in [1.54, 1.807) is 0 Å². The highest BCUT2D eigenvalue weighted by atomic mass is 16.3. The first-order valence-electron chi connectivity index (χ1n) is 4.01. The molecule has 0 unspecified atom stereocenters. The molecule has 0 radical (unpaired) electrons. The van der Waals surface area contributed by atoms with Crippen LogP contribution in [0.3, 0.4) is 0 Å². The Balaban J connectivity index is 2.35. The van der Waals surface area contributed by atoms with Crippen LogP contribution in [0.25, 0.3) is 0 Å². The van der Waals surface area contributed by atoms with Gasteiger partial charge in [-0.05, 0) is 25.3 Å². The molecule has 2 heteroatoms. The molecular formula is C8H17NO. The topological polar surface area (TPSA) is 23.5 Å². The lowest BCUT2D eigenvalue weighted by Crippen LogP contribution is -2.38. The summed E-state index contributed by atoms with van der Waals surface area (Å²) in [6, 6.07) is 0. The van der Waals surface area contributed by atoms with Gasteiger partial charge in [0, 0.05) is 19.7 Å². The summed E-state index contributed by atoms with van der Waals surface area (Å²) in [4.78, 5) is 2.30. The zero-order valence-electron chi connectivity index (χ0n) is 6.88. The Morgan fingerprint density at radius 2 is 2.20 bits per heavy atom. The predicted octanol–water partition coefficient (Wildman–Crippen LogP) is 0.567.